The topological polar surface area (TPSA) is 70.8 Å². The monoisotopic (exact) mass is 401 g/mol. The minimum absolute atomic E-state index is 0.693. The van der Waals surface area contributed by atoms with E-state index in [1.165, 1.54) is 0 Å². The molecule has 0 fully saturated rings. The normalized spacial score (nSPS) is 11.2. The van der Waals surface area contributed by atoms with Crippen LogP contribution in [-0.2, 0) is 0 Å². The van der Waals surface area contributed by atoms with Gasteiger partial charge >= 0.3 is 0 Å². The van der Waals surface area contributed by atoms with Crippen LogP contribution in [0, 0.1) is 3.57 Å². The number of fused-ring (bicyclic) bond motifs is 2. The summed E-state index contributed by atoms with van der Waals surface area (Å²) in [5.74, 6) is 7.02. The smallest absolute Gasteiger partial charge is 0.158 e. The molecule has 0 atom stereocenters. The Balaban J connectivity index is 1.88. The summed E-state index contributed by atoms with van der Waals surface area (Å²) in [6.07, 6.45) is 3.46. The highest BCUT2D eigenvalue weighted by molar-refractivity contribution is 14.1. The van der Waals surface area contributed by atoms with Gasteiger partial charge in [0.15, 0.2) is 5.82 Å². The van der Waals surface area contributed by atoms with Gasteiger partial charge in [0, 0.05) is 26.1 Å². The Labute approximate surface area is 140 Å². The zero-order valence-corrected chi connectivity index (χ0v) is 13.7. The number of nitrogens with one attached hydrogen (secondary N) is 1. The zero-order chi connectivity index (χ0) is 15.1. The molecule has 22 heavy (non-hydrogen) atoms. The van der Waals surface area contributed by atoms with Crippen LogP contribution in [0.1, 0.15) is 0 Å². The molecule has 5 nitrogen and oxygen atoms in total. The quantitative estimate of drug-likeness (QED) is 0.305. The second kappa shape index (κ2) is 5.22. The number of hydrogen-bond acceptors (Lipinski definition) is 4. The molecule has 0 amide bonds. The second-order valence-electron chi connectivity index (χ2n) is 4.98. The van der Waals surface area contributed by atoms with E-state index in [1.807, 2.05) is 48.7 Å². The molecule has 4 rings (SSSR count). The Kier molecular flexibility index (Phi) is 3.20. The van der Waals surface area contributed by atoms with Crippen molar-refractivity contribution in [2.24, 2.45) is 5.84 Å². The van der Waals surface area contributed by atoms with Crippen molar-refractivity contribution in [3.63, 3.8) is 0 Å². The van der Waals surface area contributed by atoms with Crippen molar-refractivity contribution in [1.82, 2.24) is 15.0 Å². The fourth-order valence-corrected chi connectivity index (χ4v) is 3.01. The summed E-state index contributed by atoms with van der Waals surface area (Å²) in [5, 5.41) is 3.65. The van der Waals surface area contributed by atoms with Gasteiger partial charge in [0.05, 0.1) is 11.2 Å². The minimum atomic E-state index is 0.693. The first-order valence-electron chi connectivity index (χ1n) is 6.74. The number of anilines is 2. The molecule has 0 aliphatic carbocycles. The van der Waals surface area contributed by atoms with Gasteiger partial charge in [-0.05, 0) is 65.1 Å². The number of aromatic amines is 1. The summed E-state index contributed by atoms with van der Waals surface area (Å²) in [7, 11) is 0. The van der Waals surface area contributed by atoms with Crippen LogP contribution in [0.3, 0.4) is 0 Å². The van der Waals surface area contributed by atoms with E-state index in [4.69, 9.17) is 5.84 Å². The Bertz CT molecular complexity index is 979. The lowest BCUT2D eigenvalue weighted by Gasteiger charge is -2.19. The van der Waals surface area contributed by atoms with Crippen LogP contribution in [0.5, 0.6) is 0 Å². The lowest BCUT2D eigenvalue weighted by atomic mass is 10.2. The molecular weight excluding hydrogens is 389 g/mol. The standard InChI is InChI=1S/C16H12IN5/c17-11-1-3-15-13(8-11)16(21-9-20-15)22(18)12-2-4-14-10(7-12)5-6-19-14/h1-9,19H,18H2. The number of H-pyrrole nitrogens is 1. The van der Waals surface area contributed by atoms with E-state index in [0.717, 1.165) is 31.1 Å². The predicted octanol–water partition coefficient (Wildman–Crippen LogP) is 3.73. The summed E-state index contributed by atoms with van der Waals surface area (Å²) in [4.78, 5) is 11.8. The Morgan fingerprint density at radius 3 is 2.86 bits per heavy atom. The first-order chi connectivity index (χ1) is 10.7. The molecule has 108 valence electrons. The van der Waals surface area contributed by atoms with Gasteiger partial charge in [-0.3, -0.25) is 5.01 Å². The van der Waals surface area contributed by atoms with Gasteiger partial charge in [0.1, 0.15) is 6.33 Å². The molecule has 0 saturated heterocycles. The van der Waals surface area contributed by atoms with E-state index in [2.05, 4.69) is 37.5 Å². The maximum atomic E-state index is 6.32. The number of nitrogens with two attached hydrogens (primary N) is 1. The molecule has 2 aromatic carbocycles. The first-order valence-corrected chi connectivity index (χ1v) is 7.82. The molecule has 0 bridgehead atoms. The van der Waals surface area contributed by atoms with Crippen molar-refractivity contribution in [2.45, 2.75) is 0 Å². The molecule has 0 saturated carbocycles. The molecule has 0 aliphatic heterocycles. The third-order valence-corrected chi connectivity index (χ3v) is 4.29. The summed E-state index contributed by atoms with van der Waals surface area (Å²) < 4.78 is 1.12. The van der Waals surface area contributed by atoms with Crippen molar-refractivity contribution in [3.8, 4) is 0 Å². The van der Waals surface area contributed by atoms with Crippen LogP contribution in [0.2, 0.25) is 0 Å². The van der Waals surface area contributed by atoms with Gasteiger partial charge in [0.2, 0.25) is 0 Å². The van der Waals surface area contributed by atoms with E-state index in [1.54, 1.807) is 11.3 Å². The van der Waals surface area contributed by atoms with Gasteiger partial charge in [-0.1, -0.05) is 0 Å². The van der Waals surface area contributed by atoms with Crippen LogP contribution in [0.15, 0.2) is 55.0 Å². The van der Waals surface area contributed by atoms with Crippen molar-refractivity contribution < 1.29 is 0 Å². The molecule has 0 radical (unpaired) electrons. The number of halogens is 1. The van der Waals surface area contributed by atoms with Crippen LogP contribution in [-0.4, -0.2) is 15.0 Å². The summed E-state index contributed by atoms with van der Waals surface area (Å²) in [6, 6.07) is 14.1. The lowest BCUT2D eigenvalue weighted by molar-refractivity contribution is 1.03. The van der Waals surface area contributed by atoms with Crippen molar-refractivity contribution in [1.29, 1.82) is 0 Å². The summed E-state index contributed by atoms with van der Waals surface area (Å²) >= 11 is 2.27. The molecule has 4 aromatic rings. The van der Waals surface area contributed by atoms with Crippen molar-refractivity contribution in [2.75, 3.05) is 5.01 Å². The van der Waals surface area contributed by atoms with Crippen molar-refractivity contribution in [3.05, 3.63) is 58.6 Å². The van der Waals surface area contributed by atoms with Crippen LogP contribution in [0.25, 0.3) is 21.8 Å². The molecule has 0 spiro atoms. The van der Waals surface area contributed by atoms with Crippen molar-refractivity contribution >= 4 is 55.9 Å². The number of nitrogens with zero attached hydrogens (tertiary/aromatic N) is 3. The summed E-state index contributed by atoms with van der Waals surface area (Å²) in [6.45, 7) is 0. The van der Waals surface area contributed by atoms with E-state index in [0.29, 0.717) is 5.82 Å². The Hall–Kier alpha value is -2.19. The highest BCUT2D eigenvalue weighted by Gasteiger charge is 2.12. The highest BCUT2D eigenvalue weighted by Crippen LogP contribution is 2.29. The van der Waals surface area contributed by atoms with E-state index in [-0.39, 0.29) is 0 Å². The molecular formula is C16H12IN5. The number of benzene rings is 2. The lowest BCUT2D eigenvalue weighted by Crippen LogP contribution is -2.26. The van der Waals surface area contributed by atoms with E-state index < -0.39 is 0 Å². The number of rotatable bonds is 2. The van der Waals surface area contributed by atoms with Gasteiger partial charge in [-0.25, -0.2) is 15.8 Å². The third kappa shape index (κ3) is 2.20. The molecule has 6 heteroatoms. The zero-order valence-electron chi connectivity index (χ0n) is 11.5. The van der Waals surface area contributed by atoms with Crippen LogP contribution >= 0.6 is 22.6 Å². The molecule has 0 unspecified atom stereocenters. The highest BCUT2D eigenvalue weighted by atomic mass is 127. The number of hydrogen-bond donors (Lipinski definition) is 2. The van der Waals surface area contributed by atoms with E-state index >= 15 is 0 Å². The average molecular weight is 401 g/mol. The largest absolute Gasteiger partial charge is 0.361 e. The SMILES string of the molecule is NN(c1ccc2[nH]ccc2c1)c1ncnc2ccc(I)cc12. The predicted molar refractivity (Wildman–Crippen MR) is 96.9 cm³/mol. The molecule has 2 aromatic heterocycles. The van der Waals surface area contributed by atoms with Gasteiger partial charge in [0.25, 0.3) is 0 Å². The number of aromatic nitrogens is 3. The fraction of sp³-hybridized carbons (Fsp3) is 0. The fourth-order valence-electron chi connectivity index (χ4n) is 2.52. The maximum Gasteiger partial charge on any atom is 0.158 e. The summed E-state index contributed by atoms with van der Waals surface area (Å²) in [5.41, 5.74) is 2.84. The number of hydrazine groups is 1. The molecule has 0 aliphatic rings. The van der Waals surface area contributed by atoms with Gasteiger partial charge in [-0.2, -0.15) is 0 Å². The Morgan fingerprint density at radius 1 is 1.05 bits per heavy atom. The maximum absolute atomic E-state index is 6.32. The van der Waals surface area contributed by atoms with Gasteiger partial charge < -0.3 is 4.98 Å². The van der Waals surface area contributed by atoms with Gasteiger partial charge in [-0.15, -0.1) is 0 Å². The Morgan fingerprint density at radius 2 is 1.95 bits per heavy atom. The van der Waals surface area contributed by atoms with Crippen LogP contribution < -0.4 is 10.9 Å². The van der Waals surface area contributed by atoms with Crippen LogP contribution in [0.4, 0.5) is 11.5 Å². The molecule has 2 heterocycles. The van der Waals surface area contributed by atoms with E-state index in [9.17, 15) is 0 Å². The third-order valence-electron chi connectivity index (χ3n) is 3.62. The average Bonchev–Trinajstić information content (AvgIpc) is 3.01. The minimum Gasteiger partial charge on any atom is -0.361 e. The molecule has 3 N–H and O–H groups in total. The second-order valence-corrected chi connectivity index (χ2v) is 6.22. The first kappa shape index (κ1) is 13.5.